The third kappa shape index (κ3) is 1.76. The van der Waals surface area contributed by atoms with Crippen LogP contribution in [-0.2, 0) is 10.6 Å². The van der Waals surface area contributed by atoms with Gasteiger partial charge in [0.05, 0.1) is 12.5 Å². The normalized spacial score (nSPS) is 9.83. The van der Waals surface area contributed by atoms with Crippen molar-refractivity contribution in [1.29, 1.82) is 0 Å². The number of ether oxygens (including phenoxy) is 1. The van der Waals surface area contributed by atoms with Gasteiger partial charge in [-0.25, -0.2) is 4.79 Å². The zero-order chi connectivity index (χ0) is 8.97. The van der Waals surface area contributed by atoms with Crippen molar-refractivity contribution in [3.8, 4) is 0 Å². The van der Waals surface area contributed by atoms with Crippen LogP contribution in [0.3, 0.4) is 0 Å². The Morgan fingerprint density at radius 2 is 2.58 bits per heavy atom. The highest BCUT2D eigenvalue weighted by molar-refractivity contribution is 6.17. The lowest BCUT2D eigenvalue weighted by atomic mass is 10.3. The number of carbonyl (C=O) groups excluding carboxylic acids is 1. The SMILES string of the molecule is CCOC(=O)c1nocc1CCl. The van der Waals surface area contributed by atoms with E-state index in [1.807, 2.05) is 0 Å². The zero-order valence-corrected chi connectivity index (χ0v) is 7.30. The van der Waals surface area contributed by atoms with Gasteiger partial charge in [0, 0.05) is 5.56 Å². The van der Waals surface area contributed by atoms with Crippen molar-refractivity contribution >= 4 is 17.6 Å². The van der Waals surface area contributed by atoms with Gasteiger partial charge in [0.2, 0.25) is 0 Å². The van der Waals surface area contributed by atoms with E-state index in [1.165, 1.54) is 6.26 Å². The van der Waals surface area contributed by atoms with E-state index in [9.17, 15) is 4.79 Å². The summed E-state index contributed by atoms with van der Waals surface area (Å²) in [5.41, 5.74) is 0.710. The summed E-state index contributed by atoms with van der Waals surface area (Å²) >= 11 is 5.51. The van der Waals surface area contributed by atoms with E-state index in [0.29, 0.717) is 12.2 Å². The second-order valence-corrected chi connectivity index (χ2v) is 2.31. The number of hydrogen-bond donors (Lipinski definition) is 0. The quantitative estimate of drug-likeness (QED) is 0.535. The Morgan fingerprint density at radius 1 is 1.83 bits per heavy atom. The standard InChI is InChI=1S/C7H8ClNO3/c1-2-11-7(10)6-5(3-8)4-12-9-6/h4H,2-3H2,1H3. The molecule has 0 aliphatic rings. The van der Waals surface area contributed by atoms with Crippen molar-refractivity contribution in [1.82, 2.24) is 5.16 Å². The fourth-order valence-electron chi connectivity index (χ4n) is 0.720. The summed E-state index contributed by atoms with van der Waals surface area (Å²) in [5.74, 6) is -0.306. The van der Waals surface area contributed by atoms with Crippen molar-refractivity contribution in [3.63, 3.8) is 0 Å². The number of alkyl halides is 1. The largest absolute Gasteiger partial charge is 0.461 e. The Labute approximate surface area is 74.4 Å². The van der Waals surface area contributed by atoms with Crippen LogP contribution in [-0.4, -0.2) is 17.7 Å². The summed E-state index contributed by atoms with van der Waals surface area (Å²) in [7, 11) is 0. The fraction of sp³-hybridized carbons (Fsp3) is 0.429. The molecule has 0 aliphatic heterocycles. The van der Waals surface area contributed by atoms with Crippen molar-refractivity contribution in [3.05, 3.63) is 17.5 Å². The zero-order valence-electron chi connectivity index (χ0n) is 6.54. The molecule has 0 bridgehead atoms. The van der Waals surface area contributed by atoms with Crippen LogP contribution in [0.5, 0.6) is 0 Å². The second-order valence-electron chi connectivity index (χ2n) is 2.04. The molecule has 66 valence electrons. The summed E-state index contributed by atoms with van der Waals surface area (Å²) in [5, 5.41) is 3.47. The van der Waals surface area contributed by atoms with E-state index in [-0.39, 0.29) is 11.6 Å². The van der Waals surface area contributed by atoms with Crippen LogP contribution in [0.15, 0.2) is 10.8 Å². The van der Waals surface area contributed by atoms with Crippen LogP contribution in [0, 0.1) is 0 Å². The summed E-state index contributed by atoms with van der Waals surface area (Å²) in [6, 6.07) is 0. The predicted molar refractivity (Wildman–Crippen MR) is 42.0 cm³/mol. The summed E-state index contributed by atoms with van der Waals surface area (Å²) in [6.45, 7) is 2.03. The van der Waals surface area contributed by atoms with Crippen LogP contribution in [0.2, 0.25) is 0 Å². The molecule has 0 saturated heterocycles. The Balaban J connectivity index is 2.79. The molecule has 5 heteroatoms. The molecule has 1 rings (SSSR count). The van der Waals surface area contributed by atoms with Gasteiger partial charge in [-0.1, -0.05) is 5.16 Å². The Morgan fingerprint density at radius 3 is 3.17 bits per heavy atom. The Hall–Kier alpha value is -1.03. The van der Waals surface area contributed by atoms with Crippen molar-refractivity contribution in [2.45, 2.75) is 12.8 Å². The molecule has 1 heterocycles. The van der Waals surface area contributed by atoms with Gasteiger partial charge in [-0.2, -0.15) is 0 Å². The van der Waals surface area contributed by atoms with Gasteiger partial charge in [-0.3, -0.25) is 0 Å². The molecule has 1 aromatic rings. The molecule has 0 atom stereocenters. The summed E-state index contributed by atoms with van der Waals surface area (Å²) in [6.07, 6.45) is 1.33. The lowest BCUT2D eigenvalue weighted by molar-refractivity contribution is 0.0514. The molecular formula is C7H8ClNO3. The van der Waals surface area contributed by atoms with Gasteiger partial charge in [0.15, 0.2) is 5.69 Å². The molecule has 0 aliphatic carbocycles. The fourth-order valence-corrected chi connectivity index (χ4v) is 0.909. The van der Waals surface area contributed by atoms with E-state index in [2.05, 4.69) is 9.68 Å². The molecule has 0 radical (unpaired) electrons. The number of aromatic nitrogens is 1. The van der Waals surface area contributed by atoms with Gasteiger partial charge in [-0.15, -0.1) is 11.6 Å². The first-order chi connectivity index (χ1) is 5.79. The van der Waals surface area contributed by atoms with Gasteiger partial charge < -0.3 is 9.26 Å². The van der Waals surface area contributed by atoms with Crippen LogP contribution in [0.25, 0.3) is 0 Å². The van der Waals surface area contributed by atoms with Crippen LogP contribution < -0.4 is 0 Å². The second kappa shape index (κ2) is 4.11. The lowest BCUT2D eigenvalue weighted by Gasteiger charge is -1.97. The average Bonchev–Trinajstić information content (AvgIpc) is 2.51. The summed E-state index contributed by atoms with van der Waals surface area (Å²) < 4.78 is 9.28. The maximum atomic E-state index is 11.1. The number of halogens is 1. The minimum absolute atomic E-state index is 0.159. The highest BCUT2D eigenvalue weighted by atomic mass is 35.5. The van der Waals surface area contributed by atoms with E-state index >= 15 is 0 Å². The van der Waals surface area contributed by atoms with Gasteiger partial charge in [0.1, 0.15) is 6.26 Å². The number of nitrogens with zero attached hydrogens (tertiary/aromatic N) is 1. The molecule has 0 spiro atoms. The number of hydrogen-bond acceptors (Lipinski definition) is 4. The van der Waals surface area contributed by atoms with Crippen LogP contribution in [0.1, 0.15) is 23.0 Å². The monoisotopic (exact) mass is 189 g/mol. The third-order valence-corrected chi connectivity index (χ3v) is 1.54. The molecule has 0 amide bonds. The molecule has 0 saturated carbocycles. The maximum absolute atomic E-state index is 11.1. The number of esters is 1. The van der Waals surface area contributed by atoms with E-state index < -0.39 is 5.97 Å². The molecule has 0 aromatic carbocycles. The lowest BCUT2D eigenvalue weighted by Crippen LogP contribution is -2.06. The molecule has 4 nitrogen and oxygen atoms in total. The first-order valence-electron chi connectivity index (χ1n) is 3.46. The molecule has 12 heavy (non-hydrogen) atoms. The molecule has 0 unspecified atom stereocenters. The van der Waals surface area contributed by atoms with E-state index in [0.717, 1.165) is 0 Å². The first kappa shape index (κ1) is 9.06. The van der Waals surface area contributed by atoms with Crippen LogP contribution in [0.4, 0.5) is 0 Å². The van der Waals surface area contributed by atoms with Crippen molar-refractivity contribution < 1.29 is 14.1 Å². The Bertz CT molecular complexity index is 271. The highest BCUT2D eigenvalue weighted by Crippen LogP contribution is 2.10. The molecular weight excluding hydrogens is 182 g/mol. The highest BCUT2D eigenvalue weighted by Gasteiger charge is 2.16. The minimum atomic E-state index is -0.498. The number of rotatable bonds is 3. The smallest absolute Gasteiger partial charge is 0.360 e. The Kier molecular flexibility index (Phi) is 3.10. The van der Waals surface area contributed by atoms with Crippen LogP contribution >= 0.6 is 11.6 Å². The molecule has 0 N–H and O–H groups in total. The number of carbonyl (C=O) groups is 1. The van der Waals surface area contributed by atoms with Gasteiger partial charge >= 0.3 is 5.97 Å². The topological polar surface area (TPSA) is 52.3 Å². The van der Waals surface area contributed by atoms with E-state index in [4.69, 9.17) is 16.3 Å². The maximum Gasteiger partial charge on any atom is 0.360 e. The molecule has 0 fully saturated rings. The third-order valence-electron chi connectivity index (χ3n) is 1.26. The van der Waals surface area contributed by atoms with Gasteiger partial charge in [0.25, 0.3) is 0 Å². The predicted octanol–water partition coefficient (Wildman–Crippen LogP) is 1.59. The van der Waals surface area contributed by atoms with Crippen molar-refractivity contribution in [2.75, 3.05) is 6.61 Å². The average molecular weight is 190 g/mol. The van der Waals surface area contributed by atoms with Gasteiger partial charge in [-0.05, 0) is 6.92 Å². The first-order valence-corrected chi connectivity index (χ1v) is 3.99. The van der Waals surface area contributed by atoms with E-state index in [1.54, 1.807) is 6.92 Å². The molecule has 1 aromatic heterocycles. The minimum Gasteiger partial charge on any atom is -0.461 e. The summed E-state index contributed by atoms with van der Waals surface area (Å²) in [4.78, 5) is 11.1. The van der Waals surface area contributed by atoms with Crippen molar-refractivity contribution in [2.24, 2.45) is 0 Å².